The van der Waals surface area contributed by atoms with E-state index in [4.69, 9.17) is 4.74 Å². The third-order valence-corrected chi connectivity index (χ3v) is 3.25. The Balaban J connectivity index is 0.000000597. The van der Waals surface area contributed by atoms with E-state index >= 15 is 0 Å². The van der Waals surface area contributed by atoms with Crippen molar-refractivity contribution < 1.29 is 14.6 Å². The molecule has 0 saturated carbocycles. The van der Waals surface area contributed by atoms with Gasteiger partial charge in [-0.1, -0.05) is 44.2 Å². The largest absolute Gasteiger partial charge is 0.458 e. The van der Waals surface area contributed by atoms with Crippen LogP contribution in [0.4, 0.5) is 5.69 Å². The van der Waals surface area contributed by atoms with Gasteiger partial charge in [-0.3, -0.25) is 0 Å². The summed E-state index contributed by atoms with van der Waals surface area (Å²) in [7, 11) is 0. The number of hydrogen-bond donors (Lipinski definition) is 0. The first-order valence-electron chi connectivity index (χ1n) is 9.25. The molecule has 0 amide bonds. The minimum absolute atomic E-state index is 0.186. The first-order chi connectivity index (χ1) is 11.8. The van der Waals surface area contributed by atoms with Crippen LogP contribution in [-0.4, -0.2) is 29.8 Å². The third kappa shape index (κ3) is 8.05. The lowest BCUT2D eigenvalue weighted by Crippen LogP contribution is -2.46. The molecule has 2 rings (SSSR count). The third-order valence-electron chi connectivity index (χ3n) is 3.25. The van der Waals surface area contributed by atoms with Crippen molar-refractivity contribution in [2.75, 3.05) is 11.4 Å². The zero-order chi connectivity index (χ0) is 20.1. The molecule has 26 heavy (non-hydrogen) atoms. The molecule has 1 aromatic carbocycles. The lowest BCUT2D eigenvalue weighted by Gasteiger charge is -2.36. The van der Waals surface area contributed by atoms with Gasteiger partial charge in [-0.05, 0) is 59.1 Å². The number of esters is 1. The zero-order valence-electron chi connectivity index (χ0n) is 17.5. The second kappa shape index (κ2) is 8.72. The number of ether oxygens (including phenoxy) is 1. The fourth-order valence-electron chi connectivity index (χ4n) is 2.51. The van der Waals surface area contributed by atoms with Crippen molar-refractivity contribution in [1.29, 1.82) is 0 Å². The Bertz CT molecular complexity index is 615. The highest BCUT2D eigenvalue weighted by Crippen LogP contribution is 2.30. The maximum atomic E-state index is 12.5. The van der Waals surface area contributed by atoms with Crippen molar-refractivity contribution in [2.24, 2.45) is 5.92 Å². The molecule has 0 bridgehead atoms. The van der Waals surface area contributed by atoms with Crippen LogP contribution in [0, 0.1) is 5.92 Å². The Labute approximate surface area is 158 Å². The molecule has 0 aromatic heterocycles. The summed E-state index contributed by atoms with van der Waals surface area (Å²) in [6.07, 6.45) is 3.96. The van der Waals surface area contributed by atoms with E-state index in [2.05, 4.69) is 30.9 Å². The summed E-state index contributed by atoms with van der Waals surface area (Å²) in [5, 5.41) is 10.1. The van der Waals surface area contributed by atoms with E-state index in [1.807, 2.05) is 45.1 Å². The topological polar surface area (TPSA) is 49.4 Å². The molecule has 1 aromatic rings. The number of carbonyl (C=O) groups excluding carboxylic acids is 1. The maximum absolute atomic E-state index is 12.5. The molecule has 1 radical (unpaired) electrons. The Morgan fingerprint density at radius 2 is 1.65 bits per heavy atom. The van der Waals surface area contributed by atoms with Crippen LogP contribution < -0.4 is 4.90 Å². The Hall–Kier alpha value is -1.81. The molecule has 4 heteroatoms. The van der Waals surface area contributed by atoms with Gasteiger partial charge < -0.3 is 9.64 Å². The molecule has 4 nitrogen and oxygen atoms in total. The van der Waals surface area contributed by atoms with E-state index in [1.165, 1.54) is 0 Å². The molecular weight excluding hydrogens is 326 g/mol. The van der Waals surface area contributed by atoms with Gasteiger partial charge in [0.1, 0.15) is 11.6 Å². The smallest absolute Gasteiger partial charge is 0.333 e. The van der Waals surface area contributed by atoms with Gasteiger partial charge in [-0.15, -0.1) is 0 Å². The number of benzene rings is 1. The molecule has 1 unspecified atom stereocenters. The molecule has 1 aliphatic rings. The van der Waals surface area contributed by atoms with Crippen molar-refractivity contribution in [2.45, 2.75) is 72.6 Å². The number of nitrogens with zero attached hydrogens (tertiary/aromatic N) is 1. The van der Waals surface area contributed by atoms with Gasteiger partial charge in [-0.2, -0.15) is 0 Å². The molecule has 0 fully saturated rings. The van der Waals surface area contributed by atoms with Crippen molar-refractivity contribution in [3.63, 3.8) is 0 Å². The second-order valence-corrected chi connectivity index (χ2v) is 9.05. The standard InChI is InChI=1S/C18H25NO2.C4H9O/c1-13(2)12-19-15-9-7-6-8-14(15)10-11-16(19)17(20)21-18(3,4)5;1-4(2,3)5/h6-11,13,16H,12H2,1-5H3;1-3H3. The van der Waals surface area contributed by atoms with Crippen molar-refractivity contribution >= 4 is 17.7 Å². The maximum Gasteiger partial charge on any atom is 0.333 e. The Morgan fingerprint density at radius 3 is 2.15 bits per heavy atom. The molecule has 1 heterocycles. The summed E-state index contributed by atoms with van der Waals surface area (Å²) >= 11 is 0. The molecule has 0 aliphatic carbocycles. The number of para-hydroxylation sites is 1. The van der Waals surface area contributed by atoms with Gasteiger partial charge in [0.25, 0.3) is 0 Å². The van der Waals surface area contributed by atoms with Crippen molar-refractivity contribution in [3.8, 4) is 0 Å². The average molecular weight is 361 g/mol. The normalized spacial score (nSPS) is 16.7. The van der Waals surface area contributed by atoms with Crippen LogP contribution in [0.2, 0.25) is 0 Å². The van der Waals surface area contributed by atoms with Crippen LogP contribution in [0.5, 0.6) is 0 Å². The van der Waals surface area contributed by atoms with Gasteiger partial charge in [0.15, 0.2) is 0 Å². The fourth-order valence-corrected chi connectivity index (χ4v) is 2.51. The predicted molar refractivity (Wildman–Crippen MR) is 108 cm³/mol. The Kier molecular flexibility index (Phi) is 7.45. The number of rotatable bonds is 3. The van der Waals surface area contributed by atoms with E-state index < -0.39 is 11.2 Å². The van der Waals surface area contributed by atoms with Gasteiger partial charge in [0, 0.05) is 12.2 Å². The van der Waals surface area contributed by atoms with Gasteiger partial charge in [0.2, 0.25) is 0 Å². The van der Waals surface area contributed by atoms with E-state index in [0.717, 1.165) is 17.8 Å². The van der Waals surface area contributed by atoms with E-state index in [0.29, 0.717) is 5.92 Å². The monoisotopic (exact) mass is 360 g/mol. The molecule has 1 aliphatic heterocycles. The number of hydrogen-bond acceptors (Lipinski definition) is 3. The summed E-state index contributed by atoms with van der Waals surface area (Å²) in [5.74, 6) is 0.281. The first-order valence-corrected chi connectivity index (χ1v) is 9.25. The lowest BCUT2D eigenvalue weighted by atomic mass is 10.0. The van der Waals surface area contributed by atoms with E-state index in [9.17, 15) is 9.90 Å². The van der Waals surface area contributed by atoms with Gasteiger partial charge in [0.05, 0.1) is 5.60 Å². The van der Waals surface area contributed by atoms with Gasteiger partial charge in [-0.25, -0.2) is 9.90 Å². The summed E-state index contributed by atoms with van der Waals surface area (Å²) in [6, 6.07) is 7.83. The summed E-state index contributed by atoms with van der Waals surface area (Å²) in [6.45, 7) is 15.7. The van der Waals surface area contributed by atoms with E-state index in [1.54, 1.807) is 20.8 Å². The summed E-state index contributed by atoms with van der Waals surface area (Å²) in [5.41, 5.74) is 1.04. The molecule has 0 saturated heterocycles. The number of carbonyl (C=O) groups is 1. The molecular formula is C22H34NO3. The molecule has 1 atom stereocenters. The molecule has 145 valence electrons. The number of anilines is 1. The van der Waals surface area contributed by atoms with Crippen molar-refractivity contribution in [1.82, 2.24) is 0 Å². The van der Waals surface area contributed by atoms with Crippen LogP contribution >= 0.6 is 0 Å². The molecule has 0 N–H and O–H groups in total. The fraction of sp³-hybridized carbons (Fsp3) is 0.591. The van der Waals surface area contributed by atoms with Crippen molar-refractivity contribution in [3.05, 3.63) is 35.9 Å². The van der Waals surface area contributed by atoms with Crippen LogP contribution in [0.3, 0.4) is 0 Å². The highest BCUT2D eigenvalue weighted by atomic mass is 16.6. The van der Waals surface area contributed by atoms with E-state index in [-0.39, 0.29) is 12.0 Å². The molecule has 0 spiro atoms. The van der Waals surface area contributed by atoms with Crippen LogP contribution in [0.15, 0.2) is 30.3 Å². The van der Waals surface area contributed by atoms with Crippen LogP contribution in [0.1, 0.15) is 61.0 Å². The van der Waals surface area contributed by atoms with Crippen LogP contribution in [-0.2, 0) is 14.6 Å². The Morgan fingerprint density at radius 1 is 1.12 bits per heavy atom. The summed E-state index contributed by atoms with van der Waals surface area (Å²) in [4.78, 5) is 14.6. The first kappa shape index (κ1) is 22.2. The van der Waals surface area contributed by atoms with Crippen LogP contribution in [0.25, 0.3) is 6.08 Å². The quantitative estimate of drug-likeness (QED) is 0.705. The highest BCUT2D eigenvalue weighted by Gasteiger charge is 2.31. The lowest BCUT2D eigenvalue weighted by molar-refractivity contribution is -0.155. The summed E-state index contributed by atoms with van der Waals surface area (Å²) < 4.78 is 5.57. The number of fused-ring (bicyclic) bond motifs is 1. The second-order valence-electron chi connectivity index (χ2n) is 9.05. The average Bonchev–Trinajstić information content (AvgIpc) is 2.43. The zero-order valence-corrected chi connectivity index (χ0v) is 17.5. The SMILES string of the molecule is CC(C)(C)[O].CC(C)CN1c2ccccc2C=CC1C(=O)OC(C)(C)C. The minimum Gasteiger partial charge on any atom is -0.458 e. The van der Waals surface area contributed by atoms with Gasteiger partial charge >= 0.3 is 5.97 Å². The minimum atomic E-state index is -0.750. The predicted octanol–water partition coefficient (Wildman–Crippen LogP) is 5.10. The highest BCUT2D eigenvalue weighted by molar-refractivity contribution is 5.88.